The van der Waals surface area contributed by atoms with Crippen molar-refractivity contribution in [2.75, 3.05) is 0 Å². The SMILES string of the molecule is CC1C=CC([N+](=O)[O-])=C(CC(C)(C)C)C1. The number of nitrogens with zero attached hydrogens (tertiary/aromatic N) is 1. The summed E-state index contributed by atoms with van der Waals surface area (Å²) < 4.78 is 0. The van der Waals surface area contributed by atoms with E-state index in [2.05, 4.69) is 27.7 Å². The Hall–Kier alpha value is -1.12. The number of hydrogen-bond donors (Lipinski definition) is 0. The topological polar surface area (TPSA) is 43.1 Å². The van der Waals surface area contributed by atoms with Crippen LogP contribution in [0.2, 0.25) is 0 Å². The molecule has 0 bridgehead atoms. The molecule has 0 spiro atoms. The van der Waals surface area contributed by atoms with E-state index in [4.69, 9.17) is 0 Å². The first kappa shape index (κ1) is 12.0. The molecule has 1 unspecified atom stereocenters. The molecule has 0 fully saturated rings. The minimum atomic E-state index is -0.260. The van der Waals surface area contributed by atoms with Crippen LogP contribution in [0.1, 0.15) is 40.5 Å². The first-order valence-electron chi connectivity index (χ1n) is 5.34. The lowest BCUT2D eigenvalue weighted by molar-refractivity contribution is -0.420. The van der Waals surface area contributed by atoms with Gasteiger partial charge >= 0.3 is 0 Å². The van der Waals surface area contributed by atoms with Crippen LogP contribution in [0.3, 0.4) is 0 Å². The van der Waals surface area contributed by atoms with Crippen LogP contribution in [0.5, 0.6) is 0 Å². The molecule has 15 heavy (non-hydrogen) atoms. The average molecular weight is 209 g/mol. The Bertz CT molecular complexity index is 321. The highest BCUT2D eigenvalue weighted by molar-refractivity contribution is 5.25. The Labute approximate surface area is 91.0 Å². The van der Waals surface area contributed by atoms with Crippen molar-refractivity contribution in [3.63, 3.8) is 0 Å². The van der Waals surface area contributed by atoms with Crippen molar-refractivity contribution in [1.29, 1.82) is 0 Å². The number of rotatable bonds is 2. The molecular formula is C12H19NO2. The molecule has 1 aliphatic carbocycles. The van der Waals surface area contributed by atoms with Gasteiger partial charge in [0.15, 0.2) is 0 Å². The third-order valence-corrected chi connectivity index (χ3v) is 2.45. The van der Waals surface area contributed by atoms with E-state index in [0.717, 1.165) is 18.4 Å². The third-order valence-electron chi connectivity index (χ3n) is 2.45. The van der Waals surface area contributed by atoms with Crippen molar-refractivity contribution in [1.82, 2.24) is 0 Å². The Morgan fingerprint density at radius 2 is 2.13 bits per heavy atom. The maximum absolute atomic E-state index is 10.9. The molecule has 84 valence electrons. The van der Waals surface area contributed by atoms with E-state index in [1.54, 1.807) is 6.08 Å². The van der Waals surface area contributed by atoms with Gasteiger partial charge in [-0.15, -0.1) is 0 Å². The lowest BCUT2D eigenvalue weighted by Crippen LogP contribution is -2.14. The van der Waals surface area contributed by atoms with Gasteiger partial charge in [0.2, 0.25) is 0 Å². The van der Waals surface area contributed by atoms with Crippen molar-refractivity contribution >= 4 is 0 Å². The largest absolute Gasteiger partial charge is 0.268 e. The fraction of sp³-hybridized carbons (Fsp3) is 0.667. The molecule has 1 rings (SSSR count). The molecule has 1 aliphatic rings. The van der Waals surface area contributed by atoms with Gasteiger partial charge in [-0.25, -0.2) is 0 Å². The Morgan fingerprint density at radius 1 is 1.53 bits per heavy atom. The summed E-state index contributed by atoms with van der Waals surface area (Å²) in [4.78, 5) is 10.6. The average Bonchev–Trinajstić information content (AvgIpc) is 1.99. The minimum Gasteiger partial charge on any atom is -0.258 e. The summed E-state index contributed by atoms with van der Waals surface area (Å²) in [6.45, 7) is 8.43. The molecule has 0 heterocycles. The number of allylic oxidation sites excluding steroid dienone is 3. The molecule has 0 amide bonds. The van der Waals surface area contributed by atoms with Gasteiger partial charge in [0.1, 0.15) is 0 Å². The first-order valence-corrected chi connectivity index (χ1v) is 5.34. The molecule has 0 aliphatic heterocycles. The summed E-state index contributed by atoms with van der Waals surface area (Å²) in [6, 6.07) is 0. The standard InChI is InChI=1S/C12H19NO2/c1-9-5-6-11(13(14)15)10(7-9)8-12(2,3)4/h5-6,9H,7-8H2,1-4H3. The van der Waals surface area contributed by atoms with Gasteiger partial charge in [0.05, 0.1) is 4.92 Å². The lowest BCUT2D eigenvalue weighted by Gasteiger charge is -2.23. The maximum atomic E-state index is 10.9. The van der Waals surface area contributed by atoms with E-state index in [1.165, 1.54) is 0 Å². The Morgan fingerprint density at radius 3 is 2.60 bits per heavy atom. The second-order valence-electron chi connectivity index (χ2n) is 5.52. The molecule has 0 saturated heterocycles. The molecule has 0 aromatic heterocycles. The number of nitro groups is 1. The second kappa shape index (κ2) is 4.17. The quantitative estimate of drug-likeness (QED) is 0.515. The van der Waals surface area contributed by atoms with Crippen molar-refractivity contribution in [3.05, 3.63) is 33.5 Å². The van der Waals surface area contributed by atoms with Gasteiger partial charge in [0, 0.05) is 11.6 Å². The third kappa shape index (κ3) is 3.50. The summed E-state index contributed by atoms with van der Waals surface area (Å²) >= 11 is 0. The zero-order valence-corrected chi connectivity index (χ0v) is 9.91. The van der Waals surface area contributed by atoms with Gasteiger partial charge in [-0.2, -0.15) is 0 Å². The number of hydrogen-bond acceptors (Lipinski definition) is 2. The smallest absolute Gasteiger partial charge is 0.258 e. The van der Waals surface area contributed by atoms with Crippen LogP contribution in [0, 0.1) is 21.4 Å². The summed E-state index contributed by atoms with van der Waals surface area (Å²) in [5.41, 5.74) is 1.41. The molecular weight excluding hydrogens is 190 g/mol. The van der Waals surface area contributed by atoms with Crippen molar-refractivity contribution in [3.8, 4) is 0 Å². The fourth-order valence-electron chi connectivity index (χ4n) is 1.93. The van der Waals surface area contributed by atoms with Crippen molar-refractivity contribution in [2.45, 2.75) is 40.5 Å². The van der Waals surface area contributed by atoms with Crippen LogP contribution in [-0.4, -0.2) is 4.92 Å². The zero-order valence-electron chi connectivity index (χ0n) is 9.91. The molecule has 0 aromatic carbocycles. The van der Waals surface area contributed by atoms with E-state index in [1.807, 2.05) is 6.08 Å². The van der Waals surface area contributed by atoms with Crippen LogP contribution < -0.4 is 0 Å². The molecule has 0 saturated carbocycles. The predicted octanol–water partition coefficient (Wildman–Crippen LogP) is 3.55. The molecule has 1 atom stereocenters. The van der Waals surface area contributed by atoms with Gasteiger partial charge in [-0.1, -0.05) is 33.8 Å². The van der Waals surface area contributed by atoms with Gasteiger partial charge in [-0.3, -0.25) is 10.1 Å². The summed E-state index contributed by atoms with van der Waals surface area (Å²) in [5.74, 6) is 0.422. The summed E-state index contributed by atoms with van der Waals surface area (Å²) in [5, 5.41) is 10.9. The minimum absolute atomic E-state index is 0.113. The molecule has 0 radical (unpaired) electrons. The van der Waals surface area contributed by atoms with Gasteiger partial charge in [-0.05, 0) is 24.2 Å². The highest BCUT2D eigenvalue weighted by Gasteiger charge is 2.25. The van der Waals surface area contributed by atoms with Crippen LogP contribution in [-0.2, 0) is 0 Å². The van der Waals surface area contributed by atoms with Crippen LogP contribution in [0.4, 0.5) is 0 Å². The highest BCUT2D eigenvalue weighted by atomic mass is 16.6. The monoisotopic (exact) mass is 209 g/mol. The highest BCUT2D eigenvalue weighted by Crippen LogP contribution is 2.33. The van der Waals surface area contributed by atoms with Crippen LogP contribution in [0.25, 0.3) is 0 Å². The molecule has 3 nitrogen and oxygen atoms in total. The zero-order chi connectivity index (χ0) is 11.6. The maximum Gasteiger partial charge on any atom is 0.268 e. The van der Waals surface area contributed by atoms with E-state index in [-0.39, 0.29) is 10.3 Å². The van der Waals surface area contributed by atoms with Crippen molar-refractivity contribution in [2.24, 2.45) is 11.3 Å². The lowest BCUT2D eigenvalue weighted by atomic mass is 9.82. The van der Waals surface area contributed by atoms with Crippen molar-refractivity contribution < 1.29 is 4.92 Å². The van der Waals surface area contributed by atoms with E-state index in [0.29, 0.717) is 11.6 Å². The normalized spacial score (nSPS) is 22.0. The summed E-state index contributed by atoms with van der Waals surface area (Å²) in [6.07, 6.45) is 5.21. The van der Waals surface area contributed by atoms with Crippen LogP contribution >= 0.6 is 0 Å². The predicted molar refractivity (Wildman–Crippen MR) is 61.0 cm³/mol. The Balaban J connectivity index is 2.96. The van der Waals surface area contributed by atoms with E-state index < -0.39 is 0 Å². The first-order chi connectivity index (χ1) is 6.79. The molecule has 0 aromatic rings. The summed E-state index contributed by atoms with van der Waals surface area (Å²) in [7, 11) is 0. The fourth-order valence-corrected chi connectivity index (χ4v) is 1.93. The van der Waals surface area contributed by atoms with Gasteiger partial charge in [0.25, 0.3) is 5.70 Å². The second-order valence-corrected chi connectivity index (χ2v) is 5.52. The molecule has 0 N–H and O–H groups in total. The molecule has 3 heteroatoms. The van der Waals surface area contributed by atoms with Gasteiger partial charge < -0.3 is 0 Å². The van der Waals surface area contributed by atoms with Crippen LogP contribution in [0.15, 0.2) is 23.4 Å². The van der Waals surface area contributed by atoms with E-state index >= 15 is 0 Å². The van der Waals surface area contributed by atoms with E-state index in [9.17, 15) is 10.1 Å². The Kier molecular flexibility index (Phi) is 3.32.